The first-order valence-corrected chi connectivity index (χ1v) is 7.07. The van der Waals surface area contributed by atoms with Crippen LogP contribution in [-0.2, 0) is 0 Å². The Labute approximate surface area is 112 Å². The Bertz CT molecular complexity index is 348. The van der Waals surface area contributed by atoms with Crippen molar-refractivity contribution < 1.29 is 4.39 Å². The van der Waals surface area contributed by atoms with E-state index in [4.69, 9.17) is 0 Å². The predicted molar refractivity (Wildman–Crippen MR) is 74.9 cm³/mol. The Balaban J connectivity index is 2.88. The third-order valence-corrected chi connectivity index (χ3v) is 3.62. The van der Waals surface area contributed by atoms with Gasteiger partial charge in [-0.1, -0.05) is 49.2 Å². The average Bonchev–Trinajstić information content (AvgIpc) is 2.28. The molecule has 0 spiro atoms. The van der Waals surface area contributed by atoms with Gasteiger partial charge in [-0.05, 0) is 36.6 Å². The highest BCUT2D eigenvalue weighted by atomic mass is 79.9. The minimum absolute atomic E-state index is 0.120. The molecule has 0 radical (unpaired) electrons. The van der Waals surface area contributed by atoms with E-state index in [-0.39, 0.29) is 11.7 Å². The van der Waals surface area contributed by atoms with E-state index in [0.717, 1.165) is 29.4 Å². The van der Waals surface area contributed by atoms with Gasteiger partial charge in [-0.25, -0.2) is 4.39 Å². The van der Waals surface area contributed by atoms with Gasteiger partial charge in [0.25, 0.3) is 0 Å². The molecule has 0 saturated heterocycles. The third kappa shape index (κ3) is 4.07. The minimum atomic E-state index is -0.120. The molecule has 17 heavy (non-hydrogen) atoms. The molecule has 96 valence electrons. The summed E-state index contributed by atoms with van der Waals surface area (Å²) < 4.78 is 14.7. The summed E-state index contributed by atoms with van der Waals surface area (Å²) in [5.41, 5.74) is 0.799. The second kappa shape index (κ2) is 7.12. The molecule has 2 atom stereocenters. The lowest BCUT2D eigenvalue weighted by Gasteiger charge is -2.25. The van der Waals surface area contributed by atoms with Gasteiger partial charge in [0.15, 0.2) is 0 Å². The van der Waals surface area contributed by atoms with Crippen molar-refractivity contribution in [2.75, 3.05) is 6.54 Å². The summed E-state index contributed by atoms with van der Waals surface area (Å²) in [6.45, 7) is 7.27. The van der Waals surface area contributed by atoms with Crippen molar-refractivity contribution >= 4 is 15.9 Å². The molecule has 1 N–H and O–H groups in total. The summed E-state index contributed by atoms with van der Waals surface area (Å²) >= 11 is 3.29. The largest absolute Gasteiger partial charge is 0.314 e. The number of benzene rings is 1. The van der Waals surface area contributed by atoms with Crippen LogP contribution in [0.4, 0.5) is 4.39 Å². The molecule has 0 heterocycles. The Kier molecular flexibility index (Phi) is 6.14. The first-order valence-electron chi connectivity index (χ1n) is 6.28. The molecule has 0 bridgehead atoms. The molecule has 0 aromatic heterocycles. The molecule has 2 unspecified atom stereocenters. The van der Waals surface area contributed by atoms with Crippen molar-refractivity contribution in [1.82, 2.24) is 5.32 Å². The number of rotatable bonds is 6. The van der Waals surface area contributed by atoms with Crippen LogP contribution < -0.4 is 5.32 Å². The van der Waals surface area contributed by atoms with Crippen molar-refractivity contribution in [3.8, 4) is 0 Å². The normalized spacial score (nSPS) is 14.6. The molecule has 0 fully saturated rings. The highest BCUT2D eigenvalue weighted by Gasteiger charge is 2.20. The molecular weight excluding hydrogens is 281 g/mol. The molecule has 1 aromatic rings. The first kappa shape index (κ1) is 14.7. The third-order valence-electron chi connectivity index (χ3n) is 3.12. The summed E-state index contributed by atoms with van der Waals surface area (Å²) in [7, 11) is 0. The van der Waals surface area contributed by atoms with E-state index >= 15 is 0 Å². The fourth-order valence-electron chi connectivity index (χ4n) is 2.19. The van der Waals surface area contributed by atoms with Gasteiger partial charge in [-0.2, -0.15) is 0 Å². The molecule has 1 rings (SSSR count). The van der Waals surface area contributed by atoms with Crippen molar-refractivity contribution in [3.63, 3.8) is 0 Å². The fourth-order valence-corrected chi connectivity index (χ4v) is 2.52. The van der Waals surface area contributed by atoms with E-state index in [1.165, 1.54) is 0 Å². The van der Waals surface area contributed by atoms with Crippen LogP contribution in [0.1, 0.15) is 45.1 Å². The maximum atomic E-state index is 13.9. The van der Waals surface area contributed by atoms with Gasteiger partial charge in [0.05, 0.1) is 0 Å². The Morgan fingerprint density at radius 1 is 1.35 bits per heavy atom. The van der Waals surface area contributed by atoms with Crippen LogP contribution in [0.15, 0.2) is 22.7 Å². The van der Waals surface area contributed by atoms with Crippen LogP contribution in [0.2, 0.25) is 0 Å². The van der Waals surface area contributed by atoms with Gasteiger partial charge in [0.2, 0.25) is 0 Å². The number of likely N-dealkylation sites (N-methyl/N-ethyl adjacent to an activating group) is 1. The zero-order valence-corrected chi connectivity index (χ0v) is 12.3. The smallest absolute Gasteiger partial charge is 0.127 e. The second-order valence-electron chi connectivity index (χ2n) is 4.41. The summed E-state index contributed by atoms with van der Waals surface area (Å²) in [4.78, 5) is 0. The zero-order valence-electron chi connectivity index (χ0n) is 10.8. The van der Waals surface area contributed by atoms with Crippen molar-refractivity contribution in [2.24, 2.45) is 0 Å². The predicted octanol–water partition coefficient (Wildman–Crippen LogP) is 4.47. The SMILES string of the molecule is CCCC(NCC)C(C)c1ccc(Br)cc1F. The fraction of sp³-hybridized carbons (Fsp3) is 0.571. The van der Waals surface area contributed by atoms with E-state index in [9.17, 15) is 4.39 Å². The number of hydrogen-bond donors (Lipinski definition) is 1. The standard InChI is InChI=1S/C14H21BrFN/c1-4-6-14(17-5-2)10(3)12-8-7-11(15)9-13(12)16/h7-10,14,17H,4-6H2,1-3H3. The summed E-state index contributed by atoms with van der Waals surface area (Å²) in [5, 5.41) is 3.45. The van der Waals surface area contributed by atoms with Crippen molar-refractivity contribution in [2.45, 2.75) is 45.6 Å². The number of halogens is 2. The highest BCUT2D eigenvalue weighted by molar-refractivity contribution is 9.10. The van der Waals surface area contributed by atoms with E-state index in [2.05, 4.69) is 42.0 Å². The van der Waals surface area contributed by atoms with Gasteiger partial charge >= 0.3 is 0 Å². The van der Waals surface area contributed by atoms with Crippen LogP contribution in [0.5, 0.6) is 0 Å². The molecule has 1 aromatic carbocycles. The van der Waals surface area contributed by atoms with Gasteiger partial charge in [-0.3, -0.25) is 0 Å². The van der Waals surface area contributed by atoms with Crippen LogP contribution in [0.3, 0.4) is 0 Å². The van der Waals surface area contributed by atoms with Crippen molar-refractivity contribution in [3.05, 3.63) is 34.1 Å². The van der Waals surface area contributed by atoms with Gasteiger partial charge in [0.1, 0.15) is 5.82 Å². The molecule has 0 aliphatic rings. The quantitative estimate of drug-likeness (QED) is 0.817. The molecular formula is C14H21BrFN. The van der Waals surface area contributed by atoms with Crippen LogP contribution >= 0.6 is 15.9 Å². The lowest BCUT2D eigenvalue weighted by molar-refractivity contribution is 0.419. The number of nitrogens with one attached hydrogen (secondary N) is 1. The summed E-state index contributed by atoms with van der Waals surface area (Å²) in [5.74, 6) is 0.0777. The summed E-state index contributed by atoms with van der Waals surface area (Å²) in [6, 6.07) is 5.68. The Morgan fingerprint density at radius 3 is 2.59 bits per heavy atom. The topological polar surface area (TPSA) is 12.0 Å². The maximum Gasteiger partial charge on any atom is 0.127 e. The van der Waals surface area contributed by atoms with Gasteiger partial charge < -0.3 is 5.32 Å². The van der Waals surface area contributed by atoms with Gasteiger partial charge in [0, 0.05) is 10.5 Å². The molecule has 0 aliphatic carbocycles. The second-order valence-corrected chi connectivity index (χ2v) is 5.32. The highest BCUT2D eigenvalue weighted by Crippen LogP contribution is 2.26. The number of hydrogen-bond acceptors (Lipinski definition) is 1. The van der Waals surface area contributed by atoms with Gasteiger partial charge in [-0.15, -0.1) is 0 Å². The average molecular weight is 302 g/mol. The van der Waals surface area contributed by atoms with E-state index < -0.39 is 0 Å². The molecule has 0 saturated carbocycles. The zero-order chi connectivity index (χ0) is 12.8. The molecule has 1 nitrogen and oxygen atoms in total. The van der Waals surface area contributed by atoms with Crippen LogP contribution in [-0.4, -0.2) is 12.6 Å². The van der Waals surface area contributed by atoms with Crippen molar-refractivity contribution in [1.29, 1.82) is 0 Å². The Morgan fingerprint density at radius 2 is 2.06 bits per heavy atom. The lowest BCUT2D eigenvalue weighted by atomic mass is 9.90. The lowest BCUT2D eigenvalue weighted by Crippen LogP contribution is -2.33. The Hall–Kier alpha value is -0.410. The van der Waals surface area contributed by atoms with E-state index in [1.54, 1.807) is 6.07 Å². The molecule has 0 amide bonds. The van der Waals surface area contributed by atoms with E-state index in [0.29, 0.717) is 6.04 Å². The molecule has 0 aliphatic heterocycles. The summed E-state index contributed by atoms with van der Waals surface area (Å²) in [6.07, 6.45) is 2.19. The monoisotopic (exact) mass is 301 g/mol. The van der Waals surface area contributed by atoms with Crippen LogP contribution in [0, 0.1) is 5.82 Å². The first-order chi connectivity index (χ1) is 8.10. The minimum Gasteiger partial charge on any atom is -0.314 e. The maximum absolute atomic E-state index is 13.9. The van der Waals surface area contributed by atoms with E-state index in [1.807, 2.05) is 12.1 Å². The molecule has 3 heteroatoms. The van der Waals surface area contributed by atoms with Crippen LogP contribution in [0.25, 0.3) is 0 Å².